The molecule has 17 heavy (non-hydrogen) atoms. The molecule has 0 atom stereocenters. The normalized spacial score (nSPS) is 26.5. The summed E-state index contributed by atoms with van der Waals surface area (Å²) >= 11 is 0. The lowest BCUT2D eigenvalue weighted by Crippen LogP contribution is -2.36. The van der Waals surface area contributed by atoms with Gasteiger partial charge in [0.2, 0.25) is 15.9 Å². The van der Waals surface area contributed by atoms with Crippen LogP contribution in [0.1, 0.15) is 25.7 Å². The van der Waals surface area contributed by atoms with Gasteiger partial charge in [0, 0.05) is 19.0 Å². The van der Waals surface area contributed by atoms with Gasteiger partial charge in [-0.05, 0) is 31.6 Å². The standard InChI is InChI=1S/C11H18N2O3S/c14-11(10-3-4-10)12-5-6-13(8-12)17(15,16)7-9-1-2-9/h9-10H,1-8H2. The Morgan fingerprint density at radius 2 is 1.82 bits per heavy atom. The molecule has 5 nitrogen and oxygen atoms in total. The van der Waals surface area contributed by atoms with Crippen LogP contribution < -0.4 is 0 Å². The fourth-order valence-electron chi connectivity index (χ4n) is 2.25. The van der Waals surface area contributed by atoms with Crippen LogP contribution in [0, 0.1) is 11.8 Å². The highest BCUT2D eigenvalue weighted by molar-refractivity contribution is 7.89. The van der Waals surface area contributed by atoms with Crippen molar-refractivity contribution in [1.29, 1.82) is 0 Å². The van der Waals surface area contributed by atoms with Crippen molar-refractivity contribution in [3.05, 3.63) is 0 Å². The zero-order valence-electron chi connectivity index (χ0n) is 9.84. The van der Waals surface area contributed by atoms with Crippen LogP contribution in [0.25, 0.3) is 0 Å². The fourth-order valence-corrected chi connectivity index (χ4v) is 4.06. The Morgan fingerprint density at radius 3 is 2.41 bits per heavy atom. The number of hydrogen-bond donors (Lipinski definition) is 0. The monoisotopic (exact) mass is 258 g/mol. The molecule has 0 aromatic rings. The molecule has 0 aromatic carbocycles. The van der Waals surface area contributed by atoms with Crippen LogP contribution >= 0.6 is 0 Å². The van der Waals surface area contributed by atoms with Gasteiger partial charge in [0.05, 0.1) is 12.4 Å². The van der Waals surface area contributed by atoms with Crippen LogP contribution in [0.2, 0.25) is 0 Å². The predicted molar refractivity (Wildman–Crippen MR) is 62.5 cm³/mol. The molecular formula is C11H18N2O3S. The Bertz CT molecular complexity index is 426. The van der Waals surface area contributed by atoms with Gasteiger partial charge in [0.15, 0.2) is 0 Å². The summed E-state index contributed by atoms with van der Waals surface area (Å²) in [5, 5.41) is 0. The van der Waals surface area contributed by atoms with Crippen LogP contribution in [0.15, 0.2) is 0 Å². The van der Waals surface area contributed by atoms with Crippen molar-refractivity contribution in [3.8, 4) is 0 Å². The van der Waals surface area contributed by atoms with Crippen LogP contribution in [0.4, 0.5) is 0 Å². The minimum Gasteiger partial charge on any atom is -0.327 e. The van der Waals surface area contributed by atoms with E-state index in [9.17, 15) is 13.2 Å². The minimum absolute atomic E-state index is 0.147. The Hall–Kier alpha value is -0.620. The molecule has 1 amide bonds. The number of carbonyl (C=O) groups excluding carboxylic acids is 1. The van der Waals surface area contributed by atoms with E-state index in [1.165, 1.54) is 4.31 Å². The molecule has 1 saturated heterocycles. The van der Waals surface area contributed by atoms with Gasteiger partial charge in [-0.25, -0.2) is 8.42 Å². The minimum atomic E-state index is -3.13. The number of amides is 1. The topological polar surface area (TPSA) is 57.7 Å². The lowest BCUT2D eigenvalue weighted by atomic mass is 10.4. The number of hydrogen-bond acceptors (Lipinski definition) is 3. The summed E-state index contributed by atoms with van der Waals surface area (Å²) < 4.78 is 25.5. The SMILES string of the molecule is O=C(C1CC1)N1CCN(S(=O)(=O)CC2CC2)C1. The van der Waals surface area contributed by atoms with Gasteiger partial charge in [-0.2, -0.15) is 4.31 Å². The molecule has 1 aliphatic heterocycles. The number of carbonyl (C=O) groups is 1. The molecule has 0 unspecified atom stereocenters. The van der Waals surface area contributed by atoms with Crippen LogP contribution in [0.3, 0.4) is 0 Å². The summed E-state index contributed by atoms with van der Waals surface area (Å²) in [6.45, 7) is 1.33. The smallest absolute Gasteiger partial charge is 0.226 e. The molecule has 3 aliphatic rings. The zero-order chi connectivity index (χ0) is 12.0. The van der Waals surface area contributed by atoms with Gasteiger partial charge >= 0.3 is 0 Å². The summed E-state index contributed by atoms with van der Waals surface area (Å²) in [5.41, 5.74) is 0. The Balaban J connectivity index is 1.60. The third kappa shape index (κ3) is 2.47. The average Bonchev–Trinajstić information content (AvgIpc) is 3.17. The van der Waals surface area contributed by atoms with Crippen LogP contribution in [-0.2, 0) is 14.8 Å². The van der Waals surface area contributed by atoms with Crippen LogP contribution in [-0.4, -0.2) is 49.0 Å². The van der Waals surface area contributed by atoms with E-state index in [1.54, 1.807) is 4.90 Å². The molecule has 96 valence electrons. The molecule has 0 bridgehead atoms. The maximum absolute atomic E-state index is 12.0. The molecule has 0 aromatic heterocycles. The van der Waals surface area contributed by atoms with Gasteiger partial charge in [0.1, 0.15) is 0 Å². The fraction of sp³-hybridized carbons (Fsp3) is 0.909. The van der Waals surface area contributed by atoms with Crippen molar-refractivity contribution >= 4 is 15.9 Å². The van der Waals surface area contributed by atoms with Crippen molar-refractivity contribution in [2.24, 2.45) is 11.8 Å². The van der Waals surface area contributed by atoms with Crippen molar-refractivity contribution in [1.82, 2.24) is 9.21 Å². The summed E-state index contributed by atoms with van der Waals surface area (Å²) in [6.07, 6.45) is 4.03. The van der Waals surface area contributed by atoms with Crippen molar-refractivity contribution in [3.63, 3.8) is 0 Å². The quantitative estimate of drug-likeness (QED) is 0.725. The lowest BCUT2D eigenvalue weighted by molar-refractivity contribution is -0.131. The number of rotatable bonds is 4. The molecule has 3 rings (SSSR count). The van der Waals surface area contributed by atoms with Crippen molar-refractivity contribution in [2.75, 3.05) is 25.5 Å². The Morgan fingerprint density at radius 1 is 1.12 bits per heavy atom. The molecule has 0 radical (unpaired) electrons. The van der Waals surface area contributed by atoms with E-state index in [1.807, 2.05) is 0 Å². The first-order valence-corrected chi connectivity index (χ1v) is 7.94. The second-order valence-electron chi connectivity index (χ2n) is 5.41. The van der Waals surface area contributed by atoms with E-state index in [2.05, 4.69) is 0 Å². The highest BCUT2D eigenvalue weighted by atomic mass is 32.2. The highest BCUT2D eigenvalue weighted by Crippen LogP contribution is 2.33. The van der Waals surface area contributed by atoms with E-state index in [4.69, 9.17) is 0 Å². The number of nitrogens with zero attached hydrogens (tertiary/aromatic N) is 2. The third-order valence-corrected chi connectivity index (χ3v) is 5.70. The largest absolute Gasteiger partial charge is 0.327 e. The maximum Gasteiger partial charge on any atom is 0.226 e. The van der Waals surface area contributed by atoms with Gasteiger partial charge in [0.25, 0.3) is 0 Å². The Labute approximate surface area is 102 Å². The molecule has 3 fully saturated rings. The van der Waals surface area contributed by atoms with E-state index >= 15 is 0 Å². The Kier molecular flexibility index (Phi) is 2.66. The molecule has 2 saturated carbocycles. The lowest BCUT2D eigenvalue weighted by Gasteiger charge is -2.18. The molecule has 1 heterocycles. The van der Waals surface area contributed by atoms with Gasteiger partial charge < -0.3 is 4.90 Å². The van der Waals surface area contributed by atoms with E-state index < -0.39 is 10.0 Å². The maximum atomic E-state index is 12.0. The summed E-state index contributed by atoms with van der Waals surface area (Å²) in [6, 6.07) is 0. The molecular weight excluding hydrogens is 240 g/mol. The van der Waals surface area contributed by atoms with Gasteiger partial charge in [-0.15, -0.1) is 0 Å². The third-order valence-electron chi connectivity index (χ3n) is 3.72. The molecule has 0 N–H and O–H groups in total. The van der Waals surface area contributed by atoms with Crippen molar-refractivity contribution in [2.45, 2.75) is 25.7 Å². The molecule has 0 spiro atoms. The summed E-state index contributed by atoms with van der Waals surface area (Å²) in [4.78, 5) is 13.5. The summed E-state index contributed by atoms with van der Waals surface area (Å²) in [7, 11) is -3.13. The van der Waals surface area contributed by atoms with E-state index in [0.29, 0.717) is 19.0 Å². The summed E-state index contributed by atoms with van der Waals surface area (Å²) in [5.74, 6) is 0.974. The van der Waals surface area contributed by atoms with Crippen LogP contribution in [0.5, 0.6) is 0 Å². The second kappa shape index (κ2) is 3.95. The first kappa shape index (κ1) is 11.5. The van der Waals surface area contributed by atoms with Crippen molar-refractivity contribution < 1.29 is 13.2 Å². The van der Waals surface area contributed by atoms with E-state index in [0.717, 1.165) is 25.7 Å². The molecule has 2 aliphatic carbocycles. The number of sulfonamides is 1. The predicted octanol–water partition coefficient (Wildman–Crippen LogP) is 0.238. The first-order valence-electron chi connectivity index (χ1n) is 6.33. The van der Waals surface area contributed by atoms with E-state index in [-0.39, 0.29) is 24.2 Å². The first-order chi connectivity index (χ1) is 8.06. The second-order valence-corrected chi connectivity index (χ2v) is 7.43. The zero-order valence-corrected chi connectivity index (χ0v) is 10.7. The van der Waals surface area contributed by atoms with Gasteiger partial charge in [-0.1, -0.05) is 0 Å². The highest BCUT2D eigenvalue weighted by Gasteiger charge is 2.40. The average molecular weight is 258 g/mol. The van der Waals surface area contributed by atoms with Gasteiger partial charge in [-0.3, -0.25) is 4.79 Å². The molecule has 6 heteroatoms.